The van der Waals surface area contributed by atoms with Crippen molar-refractivity contribution in [2.24, 2.45) is 22.2 Å². The zero-order valence-corrected chi connectivity index (χ0v) is 26.1. The highest BCUT2D eigenvalue weighted by Gasteiger charge is 2.47. The molecule has 2 aliphatic rings. The molecule has 0 spiro atoms. The number of fused-ring (bicyclic) bond motifs is 4. The van der Waals surface area contributed by atoms with Crippen LogP contribution in [0, 0.1) is 17.3 Å². The minimum absolute atomic E-state index is 0.139. The van der Waals surface area contributed by atoms with E-state index in [9.17, 15) is 18.0 Å². The van der Waals surface area contributed by atoms with Crippen molar-refractivity contribution in [3.63, 3.8) is 0 Å². The summed E-state index contributed by atoms with van der Waals surface area (Å²) in [5, 5.41) is 8.14. The number of halogens is 3. The topological polar surface area (TPSA) is 96.7 Å². The smallest absolute Gasteiger partial charge is 0.394 e. The maximum Gasteiger partial charge on any atom is 0.394 e. The van der Waals surface area contributed by atoms with Crippen LogP contribution in [-0.4, -0.2) is 57.1 Å². The average molecular weight is 620 g/mol. The number of carbonyl (C=O) groups is 1. The van der Waals surface area contributed by atoms with E-state index in [0.29, 0.717) is 39.9 Å². The first-order valence-electron chi connectivity index (χ1n) is 14.3. The van der Waals surface area contributed by atoms with Gasteiger partial charge in [0.1, 0.15) is 16.7 Å². The quantitative estimate of drug-likeness (QED) is 0.367. The van der Waals surface area contributed by atoms with E-state index in [0.717, 1.165) is 51.7 Å². The van der Waals surface area contributed by atoms with E-state index in [1.165, 1.54) is 4.68 Å². The van der Waals surface area contributed by atoms with Crippen LogP contribution in [-0.2, 0) is 0 Å². The fraction of sp³-hybridized carbons (Fsp3) is 0.533. The zero-order valence-electron chi connectivity index (χ0n) is 25.3. The van der Waals surface area contributed by atoms with Crippen molar-refractivity contribution < 1.29 is 22.7 Å². The Balaban J connectivity index is 1.64. The molecule has 0 aliphatic carbocycles. The number of ether oxygens (including phenoxy) is 1. The molecule has 2 bridgehead atoms. The van der Waals surface area contributed by atoms with Gasteiger partial charge in [0.25, 0.3) is 5.91 Å². The summed E-state index contributed by atoms with van der Waals surface area (Å²) in [5.41, 5.74) is -1.76. The second-order valence-corrected chi connectivity index (χ2v) is 13.2. The highest BCUT2D eigenvalue weighted by molar-refractivity contribution is 8.13. The van der Waals surface area contributed by atoms with E-state index in [-0.39, 0.29) is 30.4 Å². The van der Waals surface area contributed by atoms with Crippen molar-refractivity contribution in [2.75, 3.05) is 24.6 Å². The van der Waals surface area contributed by atoms with Gasteiger partial charge in [-0.1, -0.05) is 33.9 Å². The summed E-state index contributed by atoms with van der Waals surface area (Å²) in [4.78, 5) is 25.0. The minimum Gasteiger partial charge on any atom is -0.477 e. The molecule has 4 heterocycles. The molecule has 13 heteroatoms. The van der Waals surface area contributed by atoms with Gasteiger partial charge in [-0.15, -0.1) is 5.10 Å². The molecule has 43 heavy (non-hydrogen) atoms. The van der Waals surface area contributed by atoms with Crippen LogP contribution < -0.4 is 19.7 Å². The van der Waals surface area contributed by atoms with Gasteiger partial charge in [-0.2, -0.15) is 13.2 Å². The van der Waals surface area contributed by atoms with E-state index >= 15 is 0 Å². The number of anilines is 1. The molecule has 1 fully saturated rings. The Morgan fingerprint density at radius 2 is 2.00 bits per heavy atom. The molecular weight excluding hydrogens is 579 g/mol. The number of alkyl halides is 3. The van der Waals surface area contributed by atoms with Crippen molar-refractivity contribution in [2.45, 2.75) is 65.6 Å². The van der Waals surface area contributed by atoms with Crippen LogP contribution in [0.1, 0.15) is 64.2 Å². The first-order valence-corrected chi connectivity index (χ1v) is 15.1. The Morgan fingerprint density at radius 1 is 1.26 bits per heavy atom. The van der Waals surface area contributed by atoms with Crippen LogP contribution in [0.3, 0.4) is 0 Å². The molecule has 0 saturated carbocycles. The number of aromatic nitrogens is 3. The van der Waals surface area contributed by atoms with Gasteiger partial charge >= 0.3 is 6.18 Å². The molecule has 2 unspecified atom stereocenters. The first-order chi connectivity index (χ1) is 20.1. The molecule has 4 rings (SSSR count). The van der Waals surface area contributed by atoms with E-state index in [4.69, 9.17) is 9.72 Å². The molecule has 9 nitrogen and oxygen atoms in total. The third-order valence-electron chi connectivity index (χ3n) is 8.22. The Labute approximate surface area is 255 Å². The Hall–Kier alpha value is -3.48. The minimum atomic E-state index is -4.33. The zero-order chi connectivity index (χ0) is 31.6. The third kappa shape index (κ3) is 7.54. The molecule has 2 N–H and O–H groups in total. The normalized spacial score (nSPS) is 22.8. The molecular formula is C30H40F3N7O2S. The third-order valence-corrected chi connectivity index (χ3v) is 8.97. The SMILES string of the molecule is C=C/C1=N\C(=C)NCCC(C)C2CN(c3nc(-n4ccc(OCCC(C)(C)C(F)(F)F)n4)ccc3C(=O)NS1)C(C)(C)C2. The molecule has 1 saturated heterocycles. The van der Waals surface area contributed by atoms with Crippen molar-refractivity contribution in [1.82, 2.24) is 24.8 Å². The lowest BCUT2D eigenvalue weighted by molar-refractivity contribution is -0.215. The van der Waals surface area contributed by atoms with E-state index in [1.54, 1.807) is 30.5 Å². The Morgan fingerprint density at radius 3 is 2.70 bits per heavy atom. The van der Waals surface area contributed by atoms with Crippen LogP contribution in [0.15, 0.2) is 54.4 Å². The number of hydrogen-bond donors (Lipinski definition) is 2. The van der Waals surface area contributed by atoms with Crippen molar-refractivity contribution in [1.29, 1.82) is 0 Å². The molecule has 2 aromatic heterocycles. The van der Waals surface area contributed by atoms with Crippen LogP contribution >= 0.6 is 11.9 Å². The summed E-state index contributed by atoms with van der Waals surface area (Å²) >= 11 is 1.04. The van der Waals surface area contributed by atoms with Gasteiger partial charge in [0.05, 0.1) is 17.6 Å². The standard InChI is InChI=1S/C30H40F3N7O2S/c1-8-25-35-20(3)34-14-11-19(2)21-17-29(6,7)39(18-21)26-22(27(41)38-43-25)9-10-23(36-26)40-15-12-24(37-40)42-16-13-28(4,5)30(31,32)33/h8-10,12,15,19,21,34H,1,3,11,13-14,16-18H2,2,4-7H3,(H,38,41)/b35-25+. The maximum absolute atomic E-state index is 13.5. The average Bonchev–Trinajstić information content (AvgIpc) is 3.53. The lowest BCUT2D eigenvalue weighted by Crippen LogP contribution is -2.40. The fourth-order valence-corrected chi connectivity index (χ4v) is 5.73. The number of amides is 1. The van der Waals surface area contributed by atoms with Gasteiger partial charge in [-0.3, -0.25) is 9.52 Å². The number of nitrogens with zero attached hydrogens (tertiary/aromatic N) is 5. The number of aliphatic imine (C=N–C) groups is 1. The fourth-order valence-electron chi connectivity index (χ4n) is 5.18. The second kappa shape index (κ2) is 12.6. The first kappa shape index (κ1) is 32.4. The lowest BCUT2D eigenvalue weighted by atomic mass is 9.86. The summed E-state index contributed by atoms with van der Waals surface area (Å²) in [6, 6.07) is 4.96. The lowest BCUT2D eigenvalue weighted by Gasteiger charge is -2.34. The molecule has 234 valence electrons. The van der Waals surface area contributed by atoms with E-state index < -0.39 is 11.6 Å². The molecule has 1 amide bonds. The summed E-state index contributed by atoms with van der Waals surface area (Å²) in [6.07, 6.45) is 0.492. The number of hydrogen-bond acceptors (Lipinski definition) is 8. The number of pyridine rings is 1. The Bertz CT molecular complexity index is 1390. The van der Waals surface area contributed by atoms with Gasteiger partial charge < -0.3 is 15.0 Å². The van der Waals surface area contributed by atoms with Crippen molar-refractivity contribution >= 4 is 28.7 Å². The number of rotatable bonds is 6. The molecule has 2 aromatic rings. The molecule has 0 aromatic carbocycles. The van der Waals surface area contributed by atoms with Crippen LogP contribution in [0.2, 0.25) is 0 Å². The van der Waals surface area contributed by atoms with Crippen molar-refractivity contribution in [3.05, 3.63) is 55.0 Å². The van der Waals surface area contributed by atoms with Crippen LogP contribution in [0.5, 0.6) is 5.88 Å². The number of nitrogens with one attached hydrogen (secondary N) is 2. The van der Waals surface area contributed by atoms with E-state index in [1.807, 2.05) is 0 Å². The second-order valence-electron chi connectivity index (χ2n) is 12.3. The van der Waals surface area contributed by atoms with Gasteiger partial charge in [0, 0.05) is 42.8 Å². The molecule has 2 aliphatic heterocycles. The van der Waals surface area contributed by atoms with Crippen LogP contribution in [0.4, 0.5) is 19.0 Å². The summed E-state index contributed by atoms with van der Waals surface area (Å²) in [6.45, 7) is 17.9. The highest BCUT2D eigenvalue weighted by Crippen LogP contribution is 2.42. The highest BCUT2D eigenvalue weighted by atomic mass is 32.2. The van der Waals surface area contributed by atoms with Gasteiger partial charge in [0.15, 0.2) is 5.82 Å². The van der Waals surface area contributed by atoms with Gasteiger partial charge in [0.2, 0.25) is 5.88 Å². The number of carbonyl (C=O) groups excluding carboxylic acids is 1. The maximum atomic E-state index is 13.5. The van der Waals surface area contributed by atoms with Gasteiger partial charge in [-0.05, 0) is 63.2 Å². The largest absolute Gasteiger partial charge is 0.477 e. The van der Waals surface area contributed by atoms with E-state index in [2.05, 4.69) is 59.0 Å². The van der Waals surface area contributed by atoms with Crippen LogP contribution in [0.25, 0.3) is 5.82 Å². The molecule has 0 radical (unpaired) electrons. The summed E-state index contributed by atoms with van der Waals surface area (Å²) in [7, 11) is 0. The summed E-state index contributed by atoms with van der Waals surface area (Å²) in [5.74, 6) is 2.08. The van der Waals surface area contributed by atoms with Gasteiger partial charge in [-0.25, -0.2) is 14.7 Å². The monoisotopic (exact) mass is 619 g/mol. The predicted molar refractivity (Wildman–Crippen MR) is 164 cm³/mol. The predicted octanol–water partition coefficient (Wildman–Crippen LogP) is 6.29. The summed E-state index contributed by atoms with van der Waals surface area (Å²) < 4.78 is 49.5. The Kier molecular flexibility index (Phi) is 9.53. The molecule has 2 atom stereocenters. The van der Waals surface area contributed by atoms with Crippen molar-refractivity contribution in [3.8, 4) is 11.7 Å².